The number of ether oxygens (including phenoxy) is 9. The van der Waals surface area contributed by atoms with Gasteiger partial charge in [0.1, 0.15) is 11.6 Å². The van der Waals surface area contributed by atoms with Gasteiger partial charge in [-0.3, -0.25) is 14.4 Å². The molecule has 9 aromatic rings. The summed E-state index contributed by atoms with van der Waals surface area (Å²) in [5.74, 6) is 1.73. The van der Waals surface area contributed by atoms with E-state index in [0.29, 0.717) is 126 Å². The van der Waals surface area contributed by atoms with Crippen molar-refractivity contribution < 1.29 is 65.8 Å². The summed E-state index contributed by atoms with van der Waals surface area (Å²) >= 11 is 15.3. The number of hydrogen-bond donors (Lipinski definition) is 0. The van der Waals surface area contributed by atoms with E-state index in [0.717, 1.165) is 43.9 Å². The van der Waals surface area contributed by atoms with E-state index < -0.39 is 22.7 Å². The molecule has 9 aliphatic heterocycles. The van der Waals surface area contributed by atoms with Gasteiger partial charge < -0.3 is 61.7 Å². The summed E-state index contributed by atoms with van der Waals surface area (Å²) in [6.07, 6.45) is 1.73. The lowest BCUT2D eigenvalue weighted by Crippen LogP contribution is -2.45. The zero-order chi connectivity index (χ0) is 58.9. The number of nitrogens with zero attached hydrogens (tertiary/aromatic N) is 3. The van der Waals surface area contributed by atoms with Gasteiger partial charge in [0.25, 0.3) is 17.7 Å². The first kappa shape index (κ1) is 52.3. The van der Waals surface area contributed by atoms with E-state index in [-0.39, 0.29) is 76.1 Å². The van der Waals surface area contributed by atoms with Crippen molar-refractivity contribution in [3.63, 3.8) is 0 Å². The highest BCUT2D eigenvalue weighted by Gasteiger charge is 2.60. The molecule has 0 saturated heterocycles. The fraction of sp³-hybridized carbons (Fsp3) is 0.221. The lowest BCUT2D eigenvalue weighted by atomic mass is 9.80. The average molecular weight is 1240 g/mol. The molecule has 0 spiro atoms. The fourth-order valence-corrected chi connectivity index (χ4v) is 16.3. The normalized spacial score (nSPS) is 21.9. The van der Waals surface area contributed by atoms with Crippen LogP contribution in [-0.2, 0) is 84.3 Å². The maximum Gasteiger partial charge on any atom is 0.269 e. The van der Waals surface area contributed by atoms with Crippen LogP contribution in [0.25, 0.3) is 22.3 Å². The highest BCUT2D eigenvalue weighted by Crippen LogP contribution is 2.59. The Hall–Kier alpha value is -8.88. The third-order valence-corrected chi connectivity index (χ3v) is 20.0. The van der Waals surface area contributed by atoms with Crippen LogP contribution in [0.5, 0.6) is 34.5 Å². The molecule has 0 fully saturated rings. The van der Waals surface area contributed by atoms with E-state index in [1.54, 1.807) is 39.0 Å². The van der Waals surface area contributed by atoms with E-state index in [1.165, 1.54) is 23.5 Å². The molecule has 3 amide bonds. The van der Waals surface area contributed by atoms with Gasteiger partial charge in [-0.2, -0.15) is 0 Å². The number of amides is 3. The maximum absolute atomic E-state index is 16.2. The molecule has 2 aromatic heterocycles. The molecule has 438 valence electrons. The van der Waals surface area contributed by atoms with E-state index in [1.807, 2.05) is 97.1 Å². The van der Waals surface area contributed by atoms with Crippen LogP contribution >= 0.6 is 34.5 Å². The van der Waals surface area contributed by atoms with Gasteiger partial charge in [-0.05, 0) is 126 Å². The number of hydrogen-bond acceptors (Lipinski definition) is 14. The number of anilines is 3. The number of halogens is 3. The Labute approximate surface area is 514 Å². The zero-order valence-electron chi connectivity index (χ0n) is 46.4. The molecule has 0 N–H and O–H groups in total. The highest BCUT2D eigenvalue weighted by molar-refractivity contribution is 7.16. The molecule has 3 atom stereocenters. The van der Waals surface area contributed by atoms with E-state index >= 15 is 14.4 Å². The molecule has 16 nitrogen and oxygen atoms in total. The van der Waals surface area contributed by atoms with Crippen molar-refractivity contribution in [2.75, 3.05) is 54.9 Å². The molecule has 0 bridgehead atoms. The van der Waals surface area contributed by atoms with Crippen molar-refractivity contribution in [1.82, 2.24) is 0 Å². The second-order valence-electron chi connectivity index (χ2n) is 22.9. The number of benzene rings is 7. The van der Waals surface area contributed by atoms with Crippen LogP contribution in [0.4, 0.5) is 21.5 Å². The SMILES string of the molecule is O=C1N(Cc2ccc(F)cc2)c2cccc3c2C1(c1cc2c(c(-c4cc(Cl)oc4CN4C(=O)C5(c6cc7c(c(-c8cc(Cl)sc8CN8C(=O)C9(c%10ccc%11c(c%10)OCO%11)OCCc%10cccc8c%109)c6)OCO7)OCCc6cccc4c65)c1)OCO2)OCC3. The van der Waals surface area contributed by atoms with Crippen molar-refractivity contribution in [2.24, 2.45) is 0 Å². The standard InChI is InChI=1S/C68H46Cl2FN3O13S/c69-56-27-43(45-22-40(25-52-61(45)82-33-80-52)67-59-37(17-20-85-67)5-1-7-47(59)72(64(67)76)29-35-10-13-42(71)14-11-35)54(87-56)30-73-48-8-2-6-38-18-21-86-68(60(38)48,65(73)77)41-23-46(62-53(26-41)81-34-83-62)44-28-57(70)88-55(44)31-74-49-9-3-4-36-16-19-84-66(58(36)49,63(74)75)39-12-15-50-51(24-39)79-32-78-50/h1-15,22-28H,16-21,29-34H2. The summed E-state index contributed by atoms with van der Waals surface area (Å²) in [5.41, 5.74) is 6.99. The minimum absolute atomic E-state index is 0.0433. The van der Waals surface area contributed by atoms with Crippen LogP contribution in [0, 0.1) is 5.82 Å². The smallest absolute Gasteiger partial charge is 0.269 e. The summed E-state index contributed by atoms with van der Waals surface area (Å²) in [5, 5.41) is 0.0433. The molecule has 9 aliphatic rings. The van der Waals surface area contributed by atoms with Crippen molar-refractivity contribution in [2.45, 2.75) is 55.7 Å². The Kier molecular flexibility index (Phi) is 11.3. The maximum atomic E-state index is 16.2. The predicted molar refractivity (Wildman–Crippen MR) is 319 cm³/mol. The molecular weight excluding hydrogens is 1190 g/mol. The monoisotopic (exact) mass is 1230 g/mol. The molecule has 3 unspecified atom stereocenters. The fourth-order valence-electron chi connectivity index (χ4n) is 14.9. The van der Waals surface area contributed by atoms with E-state index in [2.05, 4.69) is 0 Å². The molecule has 18 rings (SSSR count). The van der Waals surface area contributed by atoms with Gasteiger partial charge in [-0.1, -0.05) is 66.2 Å². The average Bonchev–Trinajstić information content (AvgIpc) is 1.56. The predicted octanol–water partition coefficient (Wildman–Crippen LogP) is 12.4. The van der Waals surface area contributed by atoms with Crippen LogP contribution in [0.2, 0.25) is 9.56 Å². The Balaban J connectivity index is 0.722. The zero-order valence-corrected chi connectivity index (χ0v) is 48.7. The number of furan rings is 1. The van der Waals surface area contributed by atoms with Gasteiger partial charge in [-0.15, -0.1) is 11.3 Å². The summed E-state index contributed by atoms with van der Waals surface area (Å²) in [4.78, 5) is 52.8. The number of rotatable bonds is 11. The Bertz CT molecular complexity index is 4590. The third kappa shape index (κ3) is 7.20. The van der Waals surface area contributed by atoms with Gasteiger partial charge in [0.2, 0.25) is 20.4 Å². The largest absolute Gasteiger partial charge is 0.454 e. The summed E-state index contributed by atoms with van der Waals surface area (Å²) in [6.45, 7) is 0.858. The quantitative estimate of drug-likeness (QED) is 0.121. The van der Waals surface area contributed by atoms with Gasteiger partial charge in [0, 0.05) is 66.6 Å². The van der Waals surface area contributed by atoms with E-state index in [4.69, 9.17) is 70.3 Å². The second-order valence-corrected chi connectivity index (χ2v) is 25.1. The van der Waals surface area contributed by atoms with Crippen LogP contribution in [0.3, 0.4) is 0 Å². The topological polar surface area (TPSA) is 157 Å². The van der Waals surface area contributed by atoms with Crippen molar-refractivity contribution in [3.8, 4) is 56.8 Å². The molecule has 11 heterocycles. The molecule has 20 heteroatoms. The van der Waals surface area contributed by atoms with Gasteiger partial charge in [-0.25, -0.2) is 4.39 Å². The van der Waals surface area contributed by atoms with Crippen LogP contribution < -0.4 is 43.1 Å². The molecule has 88 heavy (non-hydrogen) atoms. The number of fused-ring (bicyclic) bond motifs is 3. The van der Waals surface area contributed by atoms with Crippen molar-refractivity contribution in [1.29, 1.82) is 0 Å². The molecule has 0 aliphatic carbocycles. The summed E-state index contributed by atoms with van der Waals surface area (Å²) in [7, 11) is 0. The molecule has 0 radical (unpaired) electrons. The highest BCUT2D eigenvalue weighted by atomic mass is 35.5. The van der Waals surface area contributed by atoms with Gasteiger partial charge in [0.05, 0.1) is 60.9 Å². The first-order chi connectivity index (χ1) is 43.0. The Morgan fingerprint density at radius 1 is 0.466 bits per heavy atom. The van der Waals surface area contributed by atoms with Crippen LogP contribution in [-0.4, -0.2) is 57.9 Å². The second kappa shape index (κ2) is 19.1. The van der Waals surface area contributed by atoms with Crippen LogP contribution in [0.1, 0.15) is 66.3 Å². The van der Waals surface area contributed by atoms with Gasteiger partial charge >= 0.3 is 0 Å². The summed E-state index contributed by atoms with van der Waals surface area (Å²) < 4.78 is 77.8. The first-order valence-corrected chi connectivity index (χ1v) is 30.4. The van der Waals surface area contributed by atoms with Crippen molar-refractivity contribution >= 4 is 69.3 Å². The number of thiophene rings is 1. The molecule has 7 aromatic carbocycles. The van der Waals surface area contributed by atoms with Crippen LogP contribution in [0.15, 0.2) is 138 Å². The van der Waals surface area contributed by atoms with Gasteiger partial charge in [0.15, 0.2) is 56.5 Å². The molecule has 0 saturated carbocycles. The molecular formula is C68H46Cl2FN3O13S. The number of carbonyl (C=O) groups excluding carboxylic acids is 3. The Morgan fingerprint density at radius 3 is 1.53 bits per heavy atom. The Morgan fingerprint density at radius 2 is 0.955 bits per heavy atom. The van der Waals surface area contributed by atoms with E-state index in [9.17, 15) is 4.39 Å². The minimum atomic E-state index is -1.70. The lowest BCUT2D eigenvalue weighted by Gasteiger charge is -2.34. The minimum Gasteiger partial charge on any atom is -0.454 e. The number of carbonyl (C=O) groups is 3. The first-order valence-electron chi connectivity index (χ1n) is 28.8. The van der Waals surface area contributed by atoms with Crippen molar-refractivity contribution in [3.05, 3.63) is 215 Å². The third-order valence-electron chi connectivity index (χ3n) is 18.6. The lowest BCUT2D eigenvalue weighted by molar-refractivity contribution is -0.140. The summed E-state index contributed by atoms with van der Waals surface area (Å²) in [6, 6.07) is 40.2.